The molecule has 0 saturated heterocycles. The van der Waals surface area contributed by atoms with Gasteiger partial charge in [-0.05, 0) is 35.1 Å². The van der Waals surface area contributed by atoms with Gasteiger partial charge in [0.1, 0.15) is 12.3 Å². The minimum atomic E-state index is -0.668. The lowest BCUT2D eigenvalue weighted by molar-refractivity contribution is -0.135. The standard InChI is InChI=1S/C24H26N2O4/c1-17-14-19(24(2,3)4)10-11-20(17)30-22(28)16-26-21(27)12-13-25(23(26)29)15-18-8-6-5-7-9-18/h5-14H,15-16H2,1-4H3. The van der Waals surface area contributed by atoms with Crippen molar-refractivity contribution in [3.05, 3.63) is 98.3 Å². The van der Waals surface area contributed by atoms with Crippen LogP contribution in [0.2, 0.25) is 0 Å². The molecule has 3 aromatic rings. The Labute approximate surface area is 175 Å². The van der Waals surface area contributed by atoms with Crippen LogP contribution in [0.3, 0.4) is 0 Å². The van der Waals surface area contributed by atoms with Crippen molar-refractivity contribution in [2.75, 3.05) is 0 Å². The first kappa shape index (κ1) is 21.3. The average Bonchev–Trinajstić information content (AvgIpc) is 2.69. The first-order chi connectivity index (χ1) is 14.1. The highest BCUT2D eigenvalue weighted by atomic mass is 16.5. The monoisotopic (exact) mass is 406 g/mol. The van der Waals surface area contributed by atoms with Crippen molar-refractivity contribution in [3.8, 4) is 5.75 Å². The second-order valence-electron chi connectivity index (χ2n) is 8.34. The van der Waals surface area contributed by atoms with Crippen molar-refractivity contribution in [2.24, 2.45) is 0 Å². The lowest BCUT2D eigenvalue weighted by atomic mass is 9.86. The third-order valence-corrected chi connectivity index (χ3v) is 4.89. The van der Waals surface area contributed by atoms with Gasteiger partial charge in [-0.25, -0.2) is 14.2 Å². The quantitative estimate of drug-likeness (QED) is 0.482. The Bertz CT molecular complexity index is 1170. The Hall–Kier alpha value is -3.41. The number of aromatic nitrogens is 2. The third-order valence-electron chi connectivity index (χ3n) is 4.89. The second kappa shape index (κ2) is 8.53. The molecule has 30 heavy (non-hydrogen) atoms. The molecule has 0 bridgehead atoms. The van der Waals surface area contributed by atoms with Gasteiger partial charge in [-0.15, -0.1) is 0 Å². The fraction of sp³-hybridized carbons (Fsp3) is 0.292. The minimum Gasteiger partial charge on any atom is -0.425 e. The summed E-state index contributed by atoms with van der Waals surface area (Å²) < 4.78 is 7.73. The van der Waals surface area contributed by atoms with Crippen LogP contribution in [0.25, 0.3) is 0 Å². The number of aryl methyl sites for hydroxylation is 1. The largest absolute Gasteiger partial charge is 0.425 e. The van der Waals surface area contributed by atoms with Crippen LogP contribution in [0.4, 0.5) is 0 Å². The number of hydrogen-bond donors (Lipinski definition) is 0. The van der Waals surface area contributed by atoms with Gasteiger partial charge in [0.25, 0.3) is 5.56 Å². The van der Waals surface area contributed by atoms with E-state index in [0.29, 0.717) is 12.3 Å². The summed E-state index contributed by atoms with van der Waals surface area (Å²) in [7, 11) is 0. The molecule has 0 saturated carbocycles. The summed E-state index contributed by atoms with van der Waals surface area (Å²) in [6.45, 7) is 8.04. The summed E-state index contributed by atoms with van der Waals surface area (Å²) in [6, 6.07) is 16.3. The molecule has 0 amide bonds. The molecule has 0 N–H and O–H groups in total. The topological polar surface area (TPSA) is 70.3 Å². The van der Waals surface area contributed by atoms with Crippen molar-refractivity contribution in [1.29, 1.82) is 0 Å². The number of esters is 1. The van der Waals surface area contributed by atoms with E-state index in [4.69, 9.17) is 4.74 Å². The normalized spacial score (nSPS) is 11.3. The molecule has 0 unspecified atom stereocenters. The van der Waals surface area contributed by atoms with Gasteiger partial charge in [0.2, 0.25) is 0 Å². The van der Waals surface area contributed by atoms with E-state index in [1.165, 1.54) is 16.8 Å². The highest BCUT2D eigenvalue weighted by Crippen LogP contribution is 2.27. The van der Waals surface area contributed by atoms with Gasteiger partial charge in [0, 0.05) is 12.3 Å². The molecule has 156 valence electrons. The summed E-state index contributed by atoms with van der Waals surface area (Å²) >= 11 is 0. The first-order valence-corrected chi connectivity index (χ1v) is 9.81. The van der Waals surface area contributed by atoms with Crippen molar-refractivity contribution in [1.82, 2.24) is 9.13 Å². The molecule has 0 aliphatic rings. The van der Waals surface area contributed by atoms with Crippen molar-refractivity contribution in [3.63, 3.8) is 0 Å². The van der Waals surface area contributed by atoms with Crippen molar-refractivity contribution >= 4 is 5.97 Å². The predicted molar refractivity (Wildman–Crippen MR) is 116 cm³/mol. The SMILES string of the molecule is Cc1cc(C(C)(C)C)ccc1OC(=O)Cn1c(=O)ccn(Cc2ccccc2)c1=O. The second-order valence-corrected chi connectivity index (χ2v) is 8.34. The summed E-state index contributed by atoms with van der Waals surface area (Å²) in [5, 5.41) is 0. The molecule has 0 fully saturated rings. The number of hydrogen-bond acceptors (Lipinski definition) is 4. The summed E-state index contributed by atoms with van der Waals surface area (Å²) in [5.74, 6) is -0.250. The molecule has 0 radical (unpaired) electrons. The Kier molecular flexibility index (Phi) is 6.06. The van der Waals surface area contributed by atoms with E-state index in [2.05, 4.69) is 20.8 Å². The van der Waals surface area contributed by atoms with Crippen LogP contribution in [-0.4, -0.2) is 15.1 Å². The van der Waals surface area contributed by atoms with Crippen LogP contribution in [0.15, 0.2) is 70.4 Å². The summed E-state index contributed by atoms with van der Waals surface area (Å²) in [5.41, 5.74) is 1.75. The minimum absolute atomic E-state index is 0.0194. The molecule has 2 aromatic carbocycles. The average molecular weight is 406 g/mol. The van der Waals surface area contributed by atoms with Crippen LogP contribution >= 0.6 is 0 Å². The van der Waals surface area contributed by atoms with E-state index >= 15 is 0 Å². The van der Waals surface area contributed by atoms with Crippen LogP contribution in [0.5, 0.6) is 5.75 Å². The molecule has 6 nitrogen and oxygen atoms in total. The summed E-state index contributed by atoms with van der Waals surface area (Å²) in [4.78, 5) is 37.4. The number of ether oxygens (including phenoxy) is 1. The lowest BCUT2D eigenvalue weighted by Crippen LogP contribution is -2.41. The van der Waals surface area contributed by atoms with Crippen LogP contribution in [-0.2, 0) is 23.3 Å². The Morgan fingerprint density at radius 1 is 1.00 bits per heavy atom. The zero-order valence-electron chi connectivity index (χ0n) is 17.7. The van der Waals surface area contributed by atoms with E-state index in [1.807, 2.05) is 49.4 Å². The Morgan fingerprint density at radius 2 is 1.70 bits per heavy atom. The van der Waals surface area contributed by atoms with Crippen LogP contribution in [0, 0.1) is 6.92 Å². The number of rotatable bonds is 5. The number of nitrogens with zero attached hydrogens (tertiary/aromatic N) is 2. The van der Waals surface area contributed by atoms with E-state index in [9.17, 15) is 14.4 Å². The summed E-state index contributed by atoms with van der Waals surface area (Å²) in [6.07, 6.45) is 1.44. The van der Waals surface area contributed by atoms with Crippen molar-refractivity contribution in [2.45, 2.75) is 46.2 Å². The van der Waals surface area contributed by atoms with Gasteiger partial charge in [-0.1, -0.05) is 63.2 Å². The molecular weight excluding hydrogens is 380 g/mol. The zero-order chi connectivity index (χ0) is 21.9. The first-order valence-electron chi connectivity index (χ1n) is 9.81. The Morgan fingerprint density at radius 3 is 2.33 bits per heavy atom. The van der Waals surface area contributed by atoms with Crippen LogP contribution < -0.4 is 16.0 Å². The molecule has 6 heteroatoms. The molecule has 0 atom stereocenters. The van der Waals surface area contributed by atoms with Gasteiger partial charge in [-0.2, -0.15) is 0 Å². The fourth-order valence-corrected chi connectivity index (χ4v) is 3.12. The highest BCUT2D eigenvalue weighted by molar-refractivity contribution is 5.72. The molecule has 1 heterocycles. The molecule has 0 spiro atoms. The Balaban J connectivity index is 1.79. The maximum atomic E-state index is 12.7. The van der Waals surface area contributed by atoms with Gasteiger partial charge in [0.05, 0.1) is 6.54 Å². The van der Waals surface area contributed by atoms with E-state index in [0.717, 1.165) is 21.3 Å². The lowest BCUT2D eigenvalue weighted by Gasteiger charge is -2.20. The maximum absolute atomic E-state index is 12.7. The molecule has 0 aliphatic heterocycles. The fourth-order valence-electron chi connectivity index (χ4n) is 3.12. The van der Waals surface area contributed by atoms with Gasteiger partial charge >= 0.3 is 11.7 Å². The highest BCUT2D eigenvalue weighted by Gasteiger charge is 2.17. The van der Waals surface area contributed by atoms with Crippen LogP contribution in [0.1, 0.15) is 37.5 Å². The van der Waals surface area contributed by atoms with E-state index < -0.39 is 23.8 Å². The van der Waals surface area contributed by atoms with Crippen molar-refractivity contribution < 1.29 is 9.53 Å². The zero-order valence-corrected chi connectivity index (χ0v) is 17.7. The smallest absolute Gasteiger partial charge is 0.331 e. The molecule has 1 aromatic heterocycles. The third kappa shape index (κ3) is 4.95. The van der Waals surface area contributed by atoms with Gasteiger partial charge in [-0.3, -0.25) is 9.36 Å². The number of carbonyl (C=O) groups is 1. The van der Waals surface area contributed by atoms with Gasteiger partial charge in [0.15, 0.2) is 0 Å². The molecular formula is C24H26N2O4. The molecule has 0 aliphatic carbocycles. The number of benzene rings is 2. The van der Waals surface area contributed by atoms with Gasteiger partial charge < -0.3 is 4.74 Å². The molecule has 3 rings (SSSR count). The maximum Gasteiger partial charge on any atom is 0.331 e. The predicted octanol–water partition coefficient (Wildman–Crippen LogP) is 3.27. The van der Waals surface area contributed by atoms with E-state index in [1.54, 1.807) is 6.07 Å². The number of carbonyl (C=O) groups excluding carboxylic acids is 1. The van der Waals surface area contributed by atoms with E-state index in [-0.39, 0.29) is 5.41 Å².